The van der Waals surface area contributed by atoms with Gasteiger partial charge in [-0.15, -0.1) is 0 Å². The fourth-order valence-electron chi connectivity index (χ4n) is 4.74. The minimum atomic E-state index is 0.0708. The molecule has 1 heterocycles. The Morgan fingerprint density at radius 3 is 2.38 bits per heavy atom. The van der Waals surface area contributed by atoms with Crippen LogP contribution in [0.4, 0.5) is 0 Å². The summed E-state index contributed by atoms with van der Waals surface area (Å²) in [5.41, 5.74) is 7.01. The van der Waals surface area contributed by atoms with Gasteiger partial charge in [0, 0.05) is 18.2 Å². The molecule has 0 bridgehead atoms. The van der Waals surface area contributed by atoms with Gasteiger partial charge < -0.3 is 10.5 Å². The van der Waals surface area contributed by atoms with Gasteiger partial charge in [-0.1, -0.05) is 33.1 Å². The monoisotopic (exact) mass is 296 g/mol. The second kappa shape index (κ2) is 6.97. The van der Waals surface area contributed by atoms with E-state index < -0.39 is 0 Å². The van der Waals surface area contributed by atoms with Crippen molar-refractivity contribution in [2.45, 2.75) is 89.8 Å². The minimum Gasteiger partial charge on any atom is -0.375 e. The predicted molar refractivity (Wildman–Crippen MR) is 89.5 cm³/mol. The first kappa shape index (κ1) is 17.2. The van der Waals surface area contributed by atoms with Crippen molar-refractivity contribution in [1.82, 2.24) is 4.90 Å². The molecule has 1 saturated heterocycles. The lowest BCUT2D eigenvalue weighted by Gasteiger charge is -2.50. The third-order valence-electron chi connectivity index (χ3n) is 6.20. The molecule has 0 aromatic heterocycles. The lowest BCUT2D eigenvalue weighted by Crippen LogP contribution is -2.60. The summed E-state index contributed by atoms with van der Waals surface area (Å²) in [6.07, 6.45) is 8.87. The summed E-state index contributed by atoms with van der Waals surface area (Å²) >= 11 is 0. The number of nitrogens with zero attached hydrogens (tertiary/aromatic N) is 1. The van der Waals surface area contributed by atoms with Crippen LogP contribution in [0.25, 0.3) is 0 Å². The number of hydrogen-bond donors (Lipinski definition) is 1. The maximum Gasteiger partial charge on any atom is 0.0685 e. The van der Waals surface area contributed by atoms with E-state index in [9.17, 15) is 0 Å². The summed E-state index contributed by atoms with van der Waals surface area (Å²) in [6, 6.07) is 0.236. The van der Waals surface area contributed by atoms with E-state index in [1.807, 2.05) is 0 Å². The molecule has 2 fully saturated rings. The van der Waals surface area contributed by atoms with Gasteiger partial charge in [0.15, 0.2) is 0 Å². The first-order valence-electron chi connectivity index (χ1n) is 9.10. The minimum absolute atomic E-state index is 0.0708. The van der Waals surface area contributed by atoms with E-state index in [-0.39, 0.29) is 17.2 Å². The molecule has 2 aliphatic rings. The van der Waals surface area contributed by atoms with E-state index in [2.05, 4.69) is 32.6 Å². The van der Waals surface area contributed by atoms with Crippen LogP contribution in [-0.4, -0.2) is 41.8 Å². The molecule has 0 aromatic rings. The zero-order valence-electron chi connectivity index (χ0n) is 14.7. The van der Waals surface area contributed by atoms with E-state index in [0.29, 0.717) is 5.92 Å². The summed E-state index contributed by atoms with van der Waals surface area (Å²) in [4.78, 5) is 2.51. The van der Waals surface area contributed by atoms with E-state index in [1.165, 1.54) is 38.5 Å². The van der Waals surface area contributed by atoms with Crippen molar-refractivity contribution in [2.75, 3.05) is 19.7 Å². The van der Waals surface area contributed by atoms with Gasteiger partial charge in [0.2, 0.25) is 0 Å². The Morgan fingerprint density at radius 1 is 1.19 bits per heavy atom. The molecular weight excluding hydrogens is 260 g/mol. The van der Waals surface area contributed by atoms with Crippen LogP contribution in [0, 0.1) is 5.92 Å². The smallest absolute Gasteiger partial charge is 0.0685 e. The van der Waals surface area contributed by atoms with Crippen molar-refractivity contribution in [3.63, 3.8) is 0 Å². The van der Waals surface area contributed by atoms with Crippen molar-refractivity contribution in [3.8, 4) is 0 Å². The first-order valence-corrected chi connectivity index (χ1v) is 9.10. The molecule has 0 radical (unpaired) electrons. The summed E-state index contributed by atoms with van der Waals surface area (Å²) in [6.45, 7) is 12.2. The van der Waals surface area contributed by atoms with Crippen molar-refractivity contribution in [1.29, 1.82) is 0 Å². The molecule has 21 heavy (non-hydrogen) atoms. The average Bonchev–Trinajstić information content (AvgIpc) is 2.48. The van der Waals surface area contributed by atoms with E-state index >= 15 is 0 Å². The SMILES string of the molecule is CCN(CC)C(C)(C)C(N)C1CCOC2(CCCCC2)C1. The fraction of sp³-hybridized carbons (Fsp3) is 1.00. The molecule has 0 aromatic carbocycles. The third-order valence-corrected chi connectivity index (χ3v) is 6.20. The van der Waals surface area contributed by atoms with Crippen LogP contribution in [0.3, 0.4) is 0 Å². The van der Waals surface area contributed by atoms with E-state index in [4.69, 9.17) is 10.5 Å². The highest BCUT2D eigenvalue weighted by Gasteiger charge is 2.44. The Morgan fingerprint density at radius 2 is 1.81 bits per heavy atom. The highest BCUT2D eigenvalue weighted by Crippen LogP contribution is 2.42. The van der Waals surface area contributed by atoms with Crippen molar-refractivity contribution in [2.24, 2.45) is 11.7 Å². The molecule has 1 aliphatic heterocycles. The van der Waals surface area contributed by atoms with Gasteiger partial charge >= 0.3 is 0 Å². The molecule has 1 spiro atoms. The van der Waals surface area contributed by atoms with Gasteiger partial charge in [-0.25, -0.2) is 0 Å². The van der Waals surface area contributed by atoms with E-state index in [0.717, 1.165) is 26.1 Å². The average molecular weight is 296 g/mol. The molecule has 2 rings (SSSR count). The van der Waals surface area contributed by atoms with Crippen LogP contribution in [0.2, 0.25) is 0 Å². The summed E-state index contributed by atoms with van der Waals surface area (Å²) in [5, 5.41) is 0. The fourth-order valence-corrected chi connectivity index (χ4v) is 4.74. The topological polar surface area (TPSA) is 38.5 Å². The zero-order valence-corrected chi connectivity index (χ0v) is 14.7. The van der Waals surface area contributed by atoms with E-state index in [1.54, 1.807) is 0 Å². The van der Waals surface area contributed by atoms with Crippen molar-refractivity contribution >= 4 is 0 Å². The van der Waals surface area contributed by atoms with Gasteiger partial charge in [-0.05, 0) is 58.5 Å². The zero-order chi connectivity index (χ0) is 15.5. The molecule has 124 valence electrons. The molecule has 1 aliphatic carbocycles. The second-order valence-electron chi connectivity index (χ2n) is 7.70. The Balaban J connectivity index is 2.06. The van der Waals surface area contributed by atoms with Crippen LogP contribution in [0.5, 0.6) is 0 Å². The van der Waals surface area contributed by atoms with Crippen LogP contribution in [-0.2, 0) is 4.74 Å². The highest BCUT2D eigenvalue weighted by atomic mass is 16.5. The van der Waals surface area contributed by atoms with Crippen molar-refractivity contribution in [3.05, 3.63) is 0 Å². The molecular formula is C18H36N2O. The number of nitrogens with two attached hydrogens (primary N) is 1. The molecule has 2 atom stereocenters. The summed E-state index contributed by atoms with van der Waals surface area (Å²) < 4.78 is 6.24. The maximum absolute atomic E-state index is 6.77. The maximum atomic E-state index is 6.77. The summed E-state index contributed by atoms with van der Waals surface area (Å²) in [5.74, 6) is 0.604. The first-order chi connectivity index (χ1) is 9.95. The predicted octanol–water partition coefficient (Wildman–Crippen LogP) is 3.56. The largest absolute Gasteiger partial charge is 0.375 e. The molecule has 3 nitrogen and oxygen atoms in total. The van der Waals surface area contributed by atoms with Crippen LogP contribution < -0.4 is 5.73 Å². The summed E-state index contributed by atoms with van der Waals surface area (Å²) in [7, 11) is 0. The van der Waals surface area contributed by atoms with Gasteiger partial charge in [-0.2, -0.15) is 0 Å². The Kier molecular flexibility index (Phi) is 5.72. The van der Waals surface area contributed by atoms with Crippen LogP contribution in [0.1, 0.15) is 72.6 Å². The van der Waals surface area contributed by atoms with Gasteiger partial charge in [-0.3, -0.25) is 4.90 Å². The Hall–Kier alpha value is -0.120. The van der Waals surface area contributed by atoms with Gasteiger partial charge in [0.25, 0.3) is 0 Å². The quantitative estimate of drug-likeness (QED) is 0.843. The van der Waals surface area contributed by atoms with Crippen molar-refractivity contribution < 1.29 is 4.74 Å². The number of ether oxygens (including phenoxy) is 1. The van der Waals surface area contributed by atoms with Gasteiger partial charge in [0.1, 0.15) is 0 Å². The Bertz CT molecular complexity index is 314. The lowest BCUT2D eigenvalue weighted by atomic mass is 9.71. The van der Waals surface area contributed by atoms with Crippen LogP contribution >= 0.6 is 0 Å². The molecule has 1 saturated carbocycles. The normalized spacial score (nSPS) is 28.0. The molecule has 3 heteroatoms. The number of rotatable bonds is 5. The molecule has 2 N–H and O–H groups in total. The third kappa shape index (κ3) is 3.62. The lowest BCUT2D eigenvalue weighted by molar-refractivity contribution is -0.126. The highest BCUT2D eigenvalue weighted by molar-refractivity contribution is 5.00. The molecule has 0 amide bonds. The number of likely N-dealkylation sites (N-methyl/N-ethyl adjacent to an activating group) is 1. The number of hydrogen-bond acceptors (Lipinski definition) is 3. The molecule has 2 unspecified atom stereocenters. The van der Waals surface area contributed by atoms with Crippen LogP contribution in [0.15, 0.2) is 0 Å². The Labute approximate surface area is 131 Å². The second-order valence-corrected chi connectivity index (χ2v) is 7.70. The van der Waals surface area contributed by atoms with Gasteiger partial charge in [0.05, 0.1) is 5.60 Å². The standard InChI is InChI=1S/C18H36N2O/c1-5-20(6-2)17(3,4)16(19)15-10-13-21-18(14-15)11-8-7-9-12-18/h15-16H,5-14,19H2,1-4H3.